The van der Waals surface area contributed by atoms with Crippen molar-refractivity contribution >= 4 is 17.3 Å². The van der Waals surface area contributed by atoms with Crippen LogP contribution in [0.3, 0.4) is 0 Å². The first kappa shape index (κ1) is 13.3. The number of carboxylic acid groups (broad SMARTS) is 1. The number of benzene rings is 1. The second-order valence-electron chi connectivity index (χ2n) is 4.55. The molecule has 1 unspecified atom stereocenters. The summed E-state index contributed by atoms with van der Waals surface area (Å²) < 4.78 is 0. The van der Waals surface area contributed by atoms with Gasteiger partial charge < -0.3 is 15.1 Å². The van der Waals surface area contributed by atoms with E-state index in [1.165, 1.54) is 12.1 Å². The van der Waals surface area contributed by atoms with Crippen LogP contribution in [0.25, 0.3) is 0 Å². The maximum absolute atomic E-state index is 11.2. The zero-order chi connectivity index (χ0) is 14.0. The number of aromatic carboxylic acids is 1. The molecule has 19 heavy (non-hydrogen) atoms. The molecule has 7 heteroatoms. The Hall–Kier alpha value is -2.15. The third kappa shape index (κ3) is 2.65. The molecule has 0 saturated carbocycles. The second kappa shape index (κ2) is 5.23. The van der Waals surface area contributed by atoms with Gasteiger partial charge in [-0.3, -0.25) is 10.1 Å². The summed E-state index contributed by atoms with van der Waals surface area (Å²) in [6, 6.07) is 3.83. The smallest absolute Gasteiger partial charge is 0.338 e. The molecule has 1 aliphatic rings. The minimum absolute atomic E-state index is 0.0614. The van der Waals surface area contributed by atoms with Crippen molar-refractivity contribution < 1.29 is 19.9 Å². The van der Waals surface area contributed by atoms with E-state index >= 15 is 0 Å². The number of aliphatic hydroxyl groups excluding tert-OH is 1. The Morgan fingerprint density at radius 1 is 1.53 bits per heavy atom. The number of carbonyl (C=O) groups is 1. The molecular formula is C12H14N2O5. The average molecular weight is 266 g/mol. The quantitative estimate of drug-likeness (QED) is 0.625. The maximum atomic E-state index is 11.2. The molecule has 0 radical (unpaired) electrons. The highest BCUT2D eigenvalue weighted by atomic mass is 16.6. The molecular weight excluding hydrogens is 252 g/mol. The second-order valence-corrected chi connectivity index (χ2v) is 4.55. The van der Waals surface area contributed by atoms with Gasteiger partial charge in [0.15, 0.2) is 0 Å². The van der Waals surface area contributed by atoms with Crippen molar-refractivity contribution in [2.45, 2.75) is 6.42 Å². The van der Waals surface area contributed by atoms with Gasteiger partial charge in [-0.05, 0) is 12.5 Å². The van der Waals surface area contributed by atoms with Crippen LogP contribution in [0.2, 0.25) is 0 Å². The molecule has 0 spiro atoms. The summed E-state index contributed by atoms with van der Waals surface area (Å²) in [5.74, 6) is -1.07. The van der Waals surface area contributed by atoms with Crippen molar-refractivity contribution in [1.82, 2.24) is 0 Å². The number of nitrogens with zero attached hydrogens (tertiary/aromatic N) is 2. The van der Waals surface area contributed by atoms with E-state index in [0.29, 0.717) is 18.8 Å². The van der Waals surface area contributed by atoms with E-state index in [0.717, 1.165) is 12.5 Å². The number of nitro benzene ring substituents is 1. The van der Waals surface area contributed by atoms with E-state index in [1.54, 1.807) is 0 Å². The van der Waals surface area contributed by atoms with Gasteiger partial charge in [0, 0.05) is 37.7 Å². The number of non-ortho nitro benzene ring substituents is 1. The van der Waals surface area contributed by atoms with Crippen LogP contribution in [0.15, 0.2) is 18.2 Å². The molecule has 0 aliphatic carbocycles. The maximum Gasteiger partial charge on any atom is 0.338 e. The number of hydrogen-bond donors (Lipinski definition) is 2. The van der Waals surface area contributed by atoms with Gasteiger partial charge in [0.25, 0.3) is 5.69 Å². The van der Waals surface area contributed by atoms with E-state index in [2.05, 4.69) is 0 Å². The SMILES string of the molecule is O=C(O)c1cc([N+](=O)[O-])ccc1N1CCC(CO)C1. The van der Waals surface area contributed by atoms with Gasteiger partial charge >= 0.3 is 5.97 Å². The van der Waals surface area contributed by atoms with Crippen LogP contribution >= 0.6 is 0 Å². The fraction of sp³-hybridized carbons (Fsp3) is 0.417. The van der Waals surface area contributed by atoms with Gasteiger partial charge in [-0.1, -0.05) is 0 Å². The average Bonchev–Trinajstić information content (AvgIpc) is 2.86. The van der Waals surface area contributed by atoms with E-state index in [-0.39, 0.29) is 23.8 Å². The van der Waals surface area contributed by atoms with Gasteiger partial charge in [0.05, 0.1) is 16.2 Å². The number of rotatable bonds is 4. The number of carboxylic acids is 1. The van der Waals surface area contributed by atoms with E-state index in [4.69, 9.17) is 10.2 Å². The third-order valence-corrected chi connectivity index (χ3v) is 3.31. The Bertz CT molecular complexity index is 517. The first-order valence-corrected chi connectivity index (χ1v) is 5.90. The van der Waals surface area contributed by atoms with Crippen LogP contribution in [-0.2, 0) is 0 Å². The lowest BCUT2D eigenvalue weighted by molar-refractivity contribution is -0.384. The summed E-state index contributed by atoms with van der Waals surface area (Å²) in [7, 11) is 0. The molecule has 102 valence electrons. The molecule has 1 aromatic carbocycles. The molecule has 1 aliphatic heterocycles. The molecule has 2 N–H and O–H groups in total. The number of hydrogen-bond acceptors (Lipinski definition) is 5. The van der Waals surface area contributed by atoms with Crippen LogP contribution in [0, 0.1) is 16.0 Å². The van der Waals surface area contributed by atoms with Crippen LogP contribution < -0.4 is 4.90 Å². The largest absolute Gasteiger partial charge is 0.478 e. The van der Waals surface area contributed by atoms with Crippen molar-refractivity contribution in [2.24, 2.45) is 5.92 Å². The first-order chi connectivity index (χ1) is 9.02. The van der Waals surface area contributed by atoms with E-state index in [9.17, 15) is 14.9 Å². The van der Waals surface area contributed by atoms with Crippen LogP contribution in [-0.4, -0.2) is 40.8 Å². The summed E-state index contributed by atoms with van der Waals surface area (Å²) in [6.45, 7) is 1.27. The molecule has 1 atom stereocenters. The Morgan fingerprint density at radius 2 is 2.26 bits per heavy atom. The zero-order valence-electron chi connectivity index (χ0n) is 10.2. The first-order valence-electron chi connectivity index (χ1n) is 5.90. The standard InChI is InChI=1S/C12H14N2O5/c15-7-8-3-4-13(6-8)11-2-1-9(14(18)19)5-10(11)12(16)17/h1-2,5,8,15H,3-4,6-7H2,(H,16,17). The van der Waals surface area contributed by atoms with Crippen LogP contribution in [0.5, 0.6) is 0 Å². The van der Waals surface area contributed by atoms with E-state index in [1.807, 2.05) is 4.90 Å². The van der Waals surface area contributed by atoms with Crippen molar-refractivity contribution in [3.05, 3.63) is 33.9 Å². The molecule has 1 heterocycles. The number of nitro groups is 1. The Balaban J connectivity index is 2.35. The lowest BCUT2D eigenvalue weighted by Gasteiger charge is -2.20. The van der Waals surface area contributed by atoms with Gasteiger partial charge in [-0.25, -0.2) is 4.79 Å². The number of anilines is 1. The molecule has 7 nitrogen and oxygen atoms in total. The number of aliphatic hydroxyl groups is 1. The molecule has 1 aromatic rings. The van der Waals surface area contributed by atoms with Crippen LogP contribution in [0.4, 0.5) is 11.4 Å². The Morgan fingerprint density at radius 3 is 2.79 bits per heavy atom. The summed E-state index contributed by atoms with van der Waals surface area (Å²) in [6.07, 6.45) is 0.784. The lowest BCUT2D eigenvalue weighted by atomic mass is 10.1. The normalized spacial score (nSPS) is 18.6. The molecule has 0 aromatic heterocycles. The Labute approximate surface area is 109 Å². The third-order valence-electron chi connectivity index (χ3n) is 3.31. The fourth-order valence-corrected chi connectivity index (χ4v) is 2.29. The van der Waals surface area contributed by atoms with Gasteiger partial charge in [-0.15, -0.1) is 0 Å². The summed E-state index contributed by atoms with van der Waals surface area (Å²) in [5, 5.41) is 28.9. The van der Waals surface area contributed by atoms with Crippen LogP contribution in [0.1, 0.15) is 16.8 Å². The van der Waals surface area contributed by atoms with E-state index < -0.39 is 10.9 Å². The van der Waals surface area contributed by atoms with Crippen molar-refractivity contribution in [1.29, 1.82) is 0 Å². The van der Waals surface area contributed by atoms with Gasteiger partial charge in [-0.2, -0.15) is 0 Å². The van der Waals surface area contributed by atoms with Gasteiger partial charge in [0.1, 0.15) is 0 Å². The molecule has 0 amide bonds. The van der Waals surface area contributed by atoms with Crippen molar-refractivity contribution in [2.75, 3.05) is 24.6 Å². The van der Waals surface area contributed by atoms with Gasteiger partial charge in [0.2, 0.25) is 0 Å². The molecule has 0 bridgehead atoms. The van der Waals surface area contributed by atoms with Crippen molar-refractivity contribution in [3.8, 4) is 0 Å². The lowest BCUT2D eigenvalue weighted by Crippen LogP contribution is -2.23. The highest BCUT2D eigenvalue weighted by Gasteiger charge is 2.26. The Kier molecular flexibility index (Phi) is 3.66. The topological polar surface area (TPSA) is 104 Å². The fourth-order valence-electron chi connectivity index (χ4n) is 2.29. The molecule has 1 fully saturated rings. The summed E-state index contributed by atoms with van der Waals surface area (Å²) >= 11 is 0. The predicted molar refractivity (Wildman–Crippen MR) is 67.5 cm³/mol. The highest BCUT2D eigenvalue weighted by molar-refractivity contribution is 5.95. The minimum atomic E-state index is -1.19. The molecule has 2 rings (SSSR count). The minimum Gasteiger partial charge on any atom is -0.478 e. The summed E-state index contributed by atoms with van der Waals surface area (Å²) in [4.78, 5) is 23.1. The molecule has 1 saturated heterocycles. The summed E-state index contributed by atoms with van der Waals surface area (Å²) in [5.41, 5.74) is 0.154. The highest BCUT2D eigenvalue weighted by Crippen LogP contribution is 2.29. The monoisotopic (exact) mass is 266 g/mol. The van der Waals surface area contributed by atoms with Crippen molar-refractivity contribution in [3.63, 3.8) is 0 Å². The predicted octanol–water partition coefficient (Wildman–Crippen LogP) is 1.11. The zero-order valence-corrected chi connectivity index (χ0v) is 10.2.